The zero-order chi connectivity index (χ0) is 13.6. The number of fused-ring (bicyclic) bond motifs is 2. The lowest BCUT2D eigenvalue weighted by Crippen LogP contribution is -2.42. The second kappa shape index (κ2) is 4.90. The van der Waals surface area contributed by atoms with E-state index in [4.69, 9.17) is 4.74 Å². The monoisotopic (exact) mass is 278 g/mol. The van der Waals surface area contributed by atoms with Crippen molar-refractivity contribution in [3.63, 3.8) is 0 Å². The first-order chi connectivity index (χ1) is 9.74. The topological polar surface area (TPSA) is 41.6 Å². The van der Waals surface area contributed by atoms with E-state index in [0.717, 1.165) is 63.4 Å². The maximum atomic E-state index is 12.3. The molecule has 2 saturated carbocycles. The molecule has 112 valence electrons. The van der Waals surface area contributed by atoms with E-state index in [9.17, 15) is 4.79 Å². The summed E-state index contributed by atoms with van der Waals surface area (Å²) in [6.07, 6.45) is 7.85. The Morgan fingerprint density at radius 3 is 2.95 bits per heavy atom. The molecule has 2 heterocycles. The fraction of sp³-hybridized carbons (Fsp3) is 0.938. The number of hydrogen-bond donors (Lipinski definition) is 1. The van der Waals surface area contributed by atoms with Gasteiger partial charge in [0.2, 0.25) is 0 Å². The molecule has 2 aliphatic heterocycles. The van der Waals surface area contributed by atoms with Crippen molar-refractivity contribution >= 4 is 6.03 Å². The van der Waals surface area contributed by atoms with E-state index < -0.39 is 0 Å². The minimum atomic E-state index is 0.163. The highest BCUT2D eigenvalue weighted by Crippen LogP contribution is 2.48. The number of nitrogens with one attached hydrogen (secondary N) is 1. The number of likely N-dealkylation sites (tertiary alicyclic amines) is 1. The first-order valence-electron chi connectivity index (χ1n) is 8.35. The molecule has 2 aliphatic carbocycles. The van der Waals surface area contributed by atoms with E-state index in [0.29, 0.717) is 0 Å². The van der Waals surface area contributed by atoms with Crippen LogP contribution in [0.4, 0.5) is 4.79 Å². The molecule has 1 spiro atoms. The Hall–Kier alpha value is -0.770. The average molecular weight is 278 g/mol. The van der Waals surface area contributed by atoms with E-state index in [2.05, 4.69) is 5.32 Å². The lowest BCUT2D eigenvalue weighted by Gasteiger charge is -2.25. The lowest BCUT2D eigenvalue weighted by atomic mass is 9.87. The SMILES string of the molecule is O=C(NCC1CC2CCC1C2)N1CCC2(CCOC2)C1. The van der Waals surface area contributed by atoms with Crippen LogP contribution in [0.2, 0.25) is 0 Å². The number of ether oxygens (including phenoxy) is 1. The Kier molecular flexibility index (Phi) is 3.17. The second-order valence-electron chi connectivity index (χ2n) is 7.60. The van der Waals surface area contributed by atoms with Crippen molar-refractivity contribution in [2.75, 3.05) is 32.8 Å². The normalized spacial score (nSPS) is 42.8. The van der Waals surface area contributed by atoms with Crippen molar-refractivity contribution in [1.29, 1.82) is 0 Å². The molecular weight excluding hydrogens is 252 g/mol. The van der Waals surface area contributed by atoms with Gasteiger partial charge in [0.05, 0.1) is 6.61 Å². The lowest BCUT2D eigenvalue weighted by molar-refractivity contribution is 0.152. The summed E-state index contributed by atoms with van der Waals surface area (Å²) in [6, 6.07) is 0.163. The Morgan fingerprint density at radius 1 is 1.30 bits per heavy atom. The highest BCUT2D eigenvalue weighted by Gasteiger charge is 2.43. The van der Waals surface area contributed by atoms with Gasteiger partial charge in [0.1, 0.15) is 0 Å². The Bertz CT molecular complexity index is 392. The molecule has 2 bridgehead atoms. The number of hydrogen-bond acceptors (Lipinski definition) is 2. The Morgan fingerprint density at radius 2 is 2.25 bits per heavy atom. The molecule has 4 aliphatic rings. The smallest absolute Gasteiger partial charge is 0.317 e. The molecule has 2 saturated heterocycles. The summed E-state index contributed by atoms with van der Waals surface area (Å²) >= 11 is 0. The summed E-state index contributed by atoms with van der Waals surface area (Å²) in [5.41, 5.74) is 0.282. The first kappa shape index (κ1) is 12.9. The molecule has 4 fully saturated rings. The zero-order valence-corrected chi connectivity index (χ0v) is 12.3. The third-order valence-corrected chi connectivity index (χ3v) is 6.31. The average Bonchev–Trinajstić information content (AvgIpc) is 3.22. The van der Waals surface area contributed by atoms with Crippen molar-refractivity contribution in [3.05, 3.63) is 0 Å². The first-order valence-corrected chi connectivity index (χ1v) is 8.35. The van der Waals surface area contributed by atoms with Crippen molar-refractivity contribution in [2.24, 2.45) is 23.2 Å². The van der Waals surface area contributed by atoms with Crippen molar-refractivity contribution in [3.8, 4) is 0 Å². The molecule has 4 heteroatoms. The fourth-order valence-corrected chi connectivity index (χ4v) is 5.04. The minimum Gasteiger partial charge on any atom is -0.381 e. The van der Waals surface area contributed by atoms with Gasteiger partial charge in [-0.25, -0.2) is 4.79 Å². The van der Waals surface area contributed by atoms with Gasteiger partial charge in [-0.1, -0.05) is 6.42 Å². The van der Waals surface area contributed by atoms with Crippen LogP contribution in [0.25, 0.3) is 0 Å². The van der Waals surface area contributed by atoms with Gasteiger partial charge in [-0.3, -0.25) is 0 Å². The number of nitrogens with zero attached hydrogens (tertiary/aromatic N) is 1. The van der Waals surface area contributed by atoms with Crippen molar-refractivity contribution in [2.45, 2.75) is 38.5 Å². The van der Waals surface area contributed by atoms with Crippen LogP contribution in [0.5, 0.6) is 0 Å². The Balaban J connectivity index is 1.26. The van der Waals surface area contributed by atoms with Crippen LogP contribution in [0.15, 0.2) is 0 Å². The summed E-state index contributed by atoms with van der Waals surface area (Å²) in [4.78, 5) is 14.3. The predicted octanol–water partition coefficient (Wildman–Crippen LogP) is 2.24. The standard InChI is InChI=1S/C16H26N2O2/c19-15(17-9-14-8-12-1-2-13(14)7-12)18-5-3-16(10-18)4-6-20-11-16/h12-14H,1-11H2,(H,17,19). The molecular formula is C16H26N2O2. The van der Waals surface area contributed by atoms with E-state index in [1.807, 2.05) is 4.90 Å². The second-order valence-corrected chi connectivity index (χ2v) is 7.60. The molecule has 0 aromatic carbocycles. The van der Waals surface area contributed by atoms with Gasteiger partial charge < -0.3 is 15.0 Å². The third-order valence-electron chi connectivity index (χ3n) is 6.31. The van der Waals surface area contributed by atoms with E-state index in [-0.39, 0.29) is 11.4 Å². The van der Waals surface area contributed by atoms with Crippen LogP contribution in [0.3, 0.4) is 0 Å². The molecule has 1 N–H and O–H groups in total. The predicted molar refractivity (Wildman–Crippen MR) is 76.4 cm³/mol. The van der Waals surface area contributed by atoms with Crippen LogP contribution in [0.1, 0.15) is 38.5 Å². The van der Waals surface area contributed by atoms with Gasteiger partial charge in [-0.2, -0.15) is 0 Å². The maximum Gasteiger partial charge on any atom is 0.317 e. The van der Waals surface area contributed by atoms with E-state index in [1.165, 1.54) is 25.7 Å². The largest absolute Gasteiger partial charge is 0.381 e. The number of carbonyl (C=O) groups is 1. The van der Waals surface area contributed by atoms with Gasteiger partial charge in [-0.15, -0.1) is 0 Å². The van der Waals surface area contributed by atoms with Crippen LogP contribution in [-0.2, 0) is 4.74 Å². The minimum absolute atomic E-state index is 0.163. The van der Waals surface area contributed by atoms with Gasteiger partial charge >= 0.3 is 6.03 Å². The number of rotatable bonds is 2. The third kappa shape index (κ3) is 2.22. The molecule has 0 radical (unpaired) electrons. The molecule has 20 heavy (non-hydrogen) atoms. The summed E-state index contributed by atoms with van der Waals surface area (Å²) in [5.74, 6) is 2.62. The van der Waals surface area contributed by atoms with Gasteiger partial charge in [0.15, 0.2) is 0 Å². The highest BCUT2D eigenvalue weighted by molar-refractivity contribution is 5.74. The summed E-state index contributed by atoms with van der Waals surface area (Å²) in [7, 11) is 0. The molecule has 4 atom stereocenters. The van der Waals surface area contributed by atoms with E-state index in [1.54, 1.807) is 0 Å². The number of amides is 2. The summed E-state index contributed by atoms with van der Waals surface area (Å²) in [6.45, 7) is 4.44. The van der Waals surface area contributed by atoms with Gasteiger partial charge in [0, 0.05) is 31.7 Å². The van der Waals surface area contributed by atoms with Gasteiger partial charge in [-0.05, 0) is 49.9 Å². The Labute approximate surface area is 121 Å². The quantitative estimate of drug-likeness (QED) is 0.841. The maximum absolute atomic E-state index is 12.3. The molecule has 2 amide bonds. The molecule has 4 rings (SSSR count). The molecule has 4 unspecified atom stereocenters. The highest BCUT2D eigenvalue weighted by atomic mass is 16.5. The van der Waals surface area contributed by atoms with Gasteiger partial charge in [0.25, 0.3) is 0 Å². The van der Waals surface area contributed by atoms with Crippen LogP contribution in [0, 0.1) is 23.2 Å². The van der Waals surface area contributed by atoms with Crippen molar-refractivity contribution < 1.29 is 9.53 Å². The van der Waals surface area contributed by atoms with Crippen LogP contribution < -0.4 is 5.32 Å². The summed E-state index contributed by atoms with van der Waals surface area (Å²) < 4.78 is 5.53. The fourth-order valence-electron chi connectivity index (χ4n) is 5.04. The zero-order valence-electron chi connectivity index (χ0n) is 12.3. The summed E-state index contributed by atoms with van der Waals surface area (Å²) in [5, 5.41) is 3.20. The van der Waals surface area contributed by atoms with E-state index >= 15 is 0 Å². The number of carbonyl (C=O) groups excluding carboxylic acids is 1. The molecule has 0 aromatic rings. The molecule has 4 nitrogen and oxygen atoms in total. The number of urea groups is 1. The van der Waals surface area contributed by atoms with Crippen LogP contribution in [-0.4, -0.2) is 43.8 Å². The van der Waals surface area contributed by atoms with Crippen molar-refractivity contribution in [1.82, 2.24) is 10.2 Å². The van der Waals surface area contributed by atoms with Crippen LogP contribution >= 0.6 is 0 Å². The molecule has 0 aromatic heterocycles.